The predicted molar refractivity (Wildman–Crippen MR) is 66.9 cm³/mol. The van der Waals surface area contributed by atoms with E-state index in [4.69, 9.17) is 10.00 Å². The lowest BCUT2D eigenvalue weighted by atomic mass is 10.2. The zero-order valence-electron chi connectivity index (χ0n) is 10.0. The van der Waals surface area contributed by atoms with Crippen LogP contribution in [0.5, 0.6) is 0 Å². The molecule has 1 atom stereocenters. The highest BCUT2D eigenvalue weighted by Crippen LogP contribution is 2.11. The number of nitrogens with one attached hydrogen (secondary N) is 1. The molecule has 0 bridgehead atoms. The van der Waals surface area contributed by atoms with Crippen molar-refractivity contribution in [2.24, 2.45) is 0 Å². The second-order valence-electron chi connectivity index (χ2n) is 4.33. The number of hydrogen-bond acceptors (Lipinski definition) is 4. The van der Waals surface area contributed by atoms with Crippen molar-refractivity contribution in [3.8, 4) is 6.07 Å². The summed E-state index contributed by atoms with van der Waals surface area (Å²) < 4.78 is 5.66. The maximum Gasteiger partial charge on any atom is 0.0992 e. The smallest absolute Gasteiger partial charge is 0.0992 e. The quantitative estimate of drug-likeness (QED) is 0.852. The van der Waals surface area contributed by atoms with E-state index in [1.165, 1.54) is 0 Å². The SMILES string of the molecule is CN1CCOC(CNc2cccc(C#N)c2)C1. The Morgan fingerprint density at radius 2 is 2.47 bits per heavy atom. The van der Waals surface area contributed by atoms with Crippen LogP contribution in [0.4, 0.5) is 5.69 Å². The largest absolute Gasteiger partial charge is 0.382 e. The van der Waals surface area contributed by atoms with Gasteiger partial charge in [-0.05, 0) is 25.2 Å². The van der Waals surface area contributed by atoms with E-state index in [0.29, 0.717) is 5.56 Å². The van der Waals surface area contributed by atoms with E-state index in [0.717, 1.165) is 31.9 Å². The Kier molecular flexibility index (Phi) is 3.97. The van der Waals surface area contributed by atoms with Crippen LogP contribution in [-0.2, 0) is 4.74 Å². The molecule has 0 spiro atoms. The summed E-state index contributed by atoms with van der Waals surface area (Å²) in [6.45, 7) is 3.52. The average Bonchev–Trinajstić information content (AvgIpc) is 2.37. The molecule has 4 nitrogen and oxygen atoms in total. The highest BCUT2D eigenvalue weighted by atomic mass is 16.5. The molecule has 1 fully saturated rings. The van der Waals surface area contributed by atoms with E-state index in [-0.39, 0.29) is 6.10 Å². The van der Waals surface area contributed by atoms with Crippen LogP contribution in [0, 0.1) is 11.3 Å². The van der Waals surface area contributed by atoms with Crippen LogP contribution >= 0.6 is 0 Å². The minimum atomic E-state index is 0.222. The van der Waals surface area contributed by atoms with Crippen LogP contribution in [0.1, 0.15) is 5.56 Å². The first-order valence-electron chi connectivity index (χ1n) is 5.82. The summed E-state index contributed by atoms with van der Waals surface area (Å²) in [5.41, 5.74) is 1.65. The van der Waals surface area contributed by atoms with Crippen molar-refractivity contribution in [2.45, 2.75) is 6.10 Å². The molecule has 0 saturated carbocycles. The van der Waals surface area contributed by atoms with Gasteiger partial charge in [-0.15, -0.1) is 0 Å². The summed E-state index contributed by atoms with van der Waals surface area (Å²) in [6.07, 6.45) is 0.222. The van der Waals surface area contributed by atoms with Crippen molar-refractivity contribution in [1.29, 1.82) is 5.26 Å². The summed E-state index contributed by atoms with van der Waals surface area (Å²) in [6, 6.07) is 9.64. The summed E-state index contributed by atoms with van der Waals surface area (Å²) in [7, 11) is 2.10. The van der Waals surface area contributed by atoms with Crippen LogP contribution in [0.2, 0.25) is 0 Å². The zero-order chi connectivity index (χ0) is 12.1. The van der Waals surface area contributed by atoms with E-state index in [9.17, 15) is 0 Å². The molecule has 1 unspecified atom stereocenters. The fourth-order valence-corrected chi connectivity index (χ4v) is 1.92. The van der Waals surface area contributed by atoms with Crippen molar-refractivity contribution in [1.82, 2.24) is 4.90 Å². The van der Waals surface area contributed by atoms with Crippen molar-refractivity contribution in [2.75, 3.05) is 38.6 Å². The first-order chi connectivity index (χ1) is 8.28. The third-order valence-corrected chi connectivity index (χ3v) is 2.87. The molecule has 2 rings (SSSR count). The van der Waals surface area contributed by atoms with Crippen molar-refractivity contribution in [3.05, 3.63) is 29.8 Å². The number of hydrogen-bond donors (Lipinski definition) is 1. The molecule has 0 aromatic heterocycles. The molecule has 4 heteroatoms. The standard InChI is InChI=1S/C13H17N3O/c1-16-5-6-17-13(10-16)9-15-12-4-2-3-11(7-12)8-14/h2-4,7,13,15H,5-6,9-10H2,1H3. The molecule has 1 aliphatic rings. The van der Waals surface area contributed by atoms with Gasteiger partial charge in [0.25, 0.3) is 0 Å². The average molecular weight is 231 g/mol. The topological polar surface area (TPSA) is 48.3 Å². The third kappa shape index (κ3) is 3.45. The summed E-state index contributed by atoms with van der Waals surface area (Å²) in [4.78, 5) is 2.27. The minimum Gasteiger partial charge on any atom is -0.382 e. The maximum absolute atomic E-state index is 8.80. The Labute approximate surface area is 102 Å². The van der Waals surface area contributed by atoms with Gasteiger partial charge in [-0.1, -0.05) is 6.07 Å². The Bertz CT molecular complexity index is 413. The molecule has 1 heterocycles. The molecule has 17 heavy (non-hydrogen) atoms. The highest BCUT2D eigenvalue weighted by Gasteiger charge is 2.16. The van der Waals surface area contributed by atoms with Gasteiger partial charge in [-0.2, -0.15) is 5.26 Å². The van der Waals surface area contributed by atoms with Gasteiger partial charge in [0, 0.05) is 25.3 Å². The van der Waals surface area contributed by atoms with E-state index in [1.807, 2.05) is 18.2 Å². The predicted octanol–water partition coefficient (Wildman–Crippen LogP) is 1.30. The number of benzene rings is 1. The lowest BCUT2D eigenvalue weighted by molar-refractivity contribution is -0.0117. The number of morpholine rings is 1. The summed E-state index contributed by atoms with van der Waals surface area (Å²) in [5.74, 6) is 0. The van der Waals surface area contributed by atoms with Gasteiger partial charge < -0.3 is 15.0 Å². The van der Waals surface area contributed by atoms with Crippen LogP contribution < -0.4 is 5.32 Å². The molecule has 1 saturated heterocycles. The third-order valence-electron chi connectivity index (χ3n) is 2.87. The molecule has 1 aromatic rings. The van der Waals surface area contributed by atoms with Crippen LogP contribution in [-0.4, -0.2) is 44.3 Å². The number of likely N-dealkylation sites (N-methyl/N-ethyl adjacent to an activating group) is 1. The van der Waals surface area contributed by atoms with Crippen molar-refractivity contribution >= 4 is 5.69 Å². The van der Waals surface area contributed by atoms with Gasteiger partial charge in [0.1, 0.15) is 0 Å². The molecule has 1 N–H and O–H groups in total. The Balaban J connectivity index is 1.87. The monoisotopic (exact) mass is 231 g/mol. The second kappa shape index (κ2) is 5.67. The van der Waals surface area contributed by atoms with E-state index >= 15 is 0 Å². The first-order valence-corrected chi connectivity index (χ1v) is 5.82. The number of anilines is 1. The van der Waals surface area contributed by atoms with Gasteiger partial charge >= 0.3 is 0 Å². The van der Waals surface area contributed by atoms with Gasteiger partial charge in [0.15, 0.2) is 0 Å². The van der Waals surface area contributed by atoms with E-state index in [1.54, 1.807) is 6.07 Å². The van der Waals surface area contributed by atoms with E-state index < -0.39 is 0 Å². The van der Waals surface area contributed by atoms with Crippen LogP contribution in [0.3, 0.4) is 0 Å². The molecule has 1 aliphatic heterocycles. The van der Waals surface area contributed by atoms with Gasteiger partial charge in [0.2, 0.25) is 0 Å². The molecular weight excluding hydrogens is 214 g/mol. The molecule has 0 amide bonds. The fraction of sp³-hybridized carbons (Fsp3) is 0.462. The lowest BCUT2D eigenvalue weighted by Gasteiger charge is -2.30. The highest BCUT2D eigenvalue weighted by molar-refractivity contribution is 5.49. The Morgan fingerprint density at radius 1 is 1.59 bits per heavy atom. The number of nitrogens with zero attached hydrogens (tertiary/aromatic N) is 2. The normalized spacial score (nSPS) is 20.8. The molecule has 0 aliphatic carbocycles. The molecule has 90 valence electrons. The van der Waals surface area contributed by atoms with E-state index in [2.05, 4.69) is 23.3 Å². The van der Waals surface area contributed by atoms with Crippen LogP contribution in [0.15, 0.2) is 24.3 Å². The minimum absolute atomic E-state index is 0.222. The first kappa shape index (κ1) is 11.9. The molecule has 0 radical (unpaired) electrons. The zero-order valence-corrected chi connectivity index (χ0v) is 10.0. The lowest BCUT2D eigenvalue weighted by Crippen LogP contribution is -2.43. The molecular formula is C13H17N3O. The Morgan fingerprint density at radius 3 is 3.24 bits per heavy atom. The van der Waals surface area contributed by atoms with Crippen molar-refractivity contribution < 1.29 is 4.74 Å². The maximum atomic E-state index is 8.80. The number of nitriles is 1. The fourth-order valence-electron chi connectivity index (χ4n) is 1.92. The summed E-state index contributed by atoms with van der Waals surface area (Å²) >= 11 is 0. The van der Waals surface area contributed by atoms with Gasteiger partial charge in [-0.25, -0.2) is 0 Å². The summed E-state index contributed by atoms with van der Waals surface area (Å²) in [5, 5.41) is 12.1. The van der Waals surface area contributed by atoms with Crippen LogP contribution in [0.25, 0.3) is 0 Å². The Hall–Kier alpha value is -1.57. The number of ether oxygens (including phenoxy) is 1. The second-order valence-corrected chi connectivity index (χ2v) is 4.33. The molecule has 1 aromatic carbocycles. The number of rotatable bonds is 3. The van der Waals surface area contributed by atoms with Gasteiger partial charge in [0.05, 0.1) is 24.3 Å². The van der Waals surface area contributed by atoms with Gasteiger partial charge in [-0.3, -0.25) is 0 Å². The van der Waals surface area contributed by atoms with Crippen molar-refractivity contribution in [3.63, 3.8) is 0 Å².